The number of hydrogen-bond acceptors (Lipinski definition) is 7. The summed E-state index contributed by atoms with van der Waals surface area (Å²) in [5, 5.41) is 6.25. The van der Waals surface area contributed by atoms with Crippen molar-refractivity contribution >= 4 is 44.8 Å². The highest BCUT2D eigenvalue weighted by Gasteiger charge is 2.54. The minimum atomic E-state index is -0.832. The maximum atomic E-state index is 13.5. The molecule has 0 bridgehead atoms. The van der Waals surface area contributed by atoms with Gasteiger partial charge >= 0.3 is 5.97 Å². The van der Waals surface area contributed by atoms with Crippen molar-refractivity contribution in [2.24, 2.45) is 11.8 Å². The van der Waals surface area contributed by atoms with E-state index in [1.165, 1.54) is 18.2 Å². The summed E-state index contributed by atoms with van der Waals surface area (Å²) in [6, 6.07) is 28.5. The van der Waals surface area contributed by atoms with Crippen LogP contribution in [0.3, 0.4) is 0 Å². The molecule has 1 N–H and O–H groups in total. The molecule has 3 aromatic carbocycles. The fraction of sp³-hybridized carbons (Fsp3) is 0.350. The number of hydrogen-bond donors (Lipinski definition) is 1. The maximum absolute atomic E-state index is 13.5. The van der Waals surface area contributed by atoms with Crippen LogP contribution < -0.4 is 14.8 Å². The number of fused-ring (bicyclic) bond motifs is 3. The summed E-state index contributed by atoms with van der Waals surface area (Å²) < 4.78 is 19.3. The monoisotopic (exact) mass is 680 g/mol. The Morgan fingerprint density at radius 2 is 1.83 bits per heavy atom. The van der Waals surface area contributed by atoms with Gasteiger partial charge in [-0.25, -0.2) is 4.79 Å². The van der Waals surface area contributed by atoms with Gasteiger partial charge in [-0.2, -0.15) is 0 Å². The van der Waals surface area contributed by atoms with Crippen LogP contribution in [0, 0.1) is 11.8 Å². The number of ether oxygens (including phenoxy) is 3. The molecule has 0 radical (unpaired) electrons. The second-order valence-electron chi connectivity index (χ2n) is 13.5. The Kier molecular flexibility index (Phi) is 9.34. The summed E-state index contributed by atoms with van der Waals surface area (Å²) in [7, 11) is 1.48. The van der Waals surface area contributed by atoms with Gasteiger partial charge in [0.2, 0.25) is 0 Å². The summed E-state index contributed by atoms with van der Waals surface area (Å²) in [6.45, 7) is 3.44. The van der Waals surface area contributed by atoms with Crippen molar-refractivity contribution in [2.75, 3.05) is 19.0 Å². The standard InChI is InChI=1S/C40H41ClN2O4S/c1-27(25-47-36-13-19-42-35-14-20-48-37(35)36)21-30-22-29-11-12-33(46-26-28-7-4-3-5-8-28)24-34(29)39(30)15-17-40(18-16-39,38(44)45-2)43-32-10-6-9-31(41)23-32/h3-14,19-20,23-24,27,30,43H,15-18,21-22,25-26H2,1-2H3/t27-,30?,39?,40?/m1/s1. The van der Waals surface area contributed by atoms with Gasteiger partial charge in [-0.05, 0) is 120 Å². The molecular weight excluding hydrogens is 640 g/mol. The van der Waals surface area contributed by atoms with Crippen molar-refractivity contribution in [2.45, 2.75) is 63.0 Å². The molecule has 2 atom stereocenters. The zero-order valence-electron chi connectivity index (χ0n) is 27.4. The molecule has 1 spiro atoms. The molecule has 1 unspecified atom stereocenters. The molecule has 2 aliphatic rings. The molecule has 1 fully saturated rings. The molecule has 5 aromatic rings. The van der Waals surface area contributed by atoms with Gasteiger partial charge in [-0.1, -0.05) is 61.0 Å². The third-order valence-corrected chi connectivity index (χ3v) is 11.6. The number of anilines is 1. The minimum Gasteiger partial charge on any atom is -0.492 e. The van der Waals surface area contributed by atoms with Crippen LogP contribution in [-0.2, 0) is 28.0 Å². The van der Waals surface area contributed by atoms with Gasteiger partial charge in [0, 0.05) is 16.9 Å². The second-order valence-corrected chi connectivity index (χ2v) is 14.8. The summed E-state index contributed by atoms with van der Waals surface area (Å²) in [4.78, 5) is 18.0. The third-order valence-electron chi connectivity index (χ3n) is 10.4. The summed E-state index contributed by atoms with van der Waals surface area (Å²) >= 11 is 8.00. The molecule has 48 heavy (non-hydrogen) atoms. The van der Waals surface area contributed by atoms with E-state index in [1.54, 1.807) is 11.3 Å². The molecule has 2 aliphatic carbocycles. The number of methoxy groups -OCH3 is 1. The van der Waals surface area contributed by atoms with E-state index in [0.29, 0.717) is 42.9 Å². The Morgan fingerprint density at radius 1 is 1.00 bits per heavy atom. The van der Waals surface area contributed by atoms with Gasteiger partial charge < -0.3 is 19.5 Å². The van der Waals surface area contributed by atoms with Crippen LogP contribution in [0.15, 0.2) is 96.5 Å². The predicted octanol–water partition coefficient (Wildman–Crippen LogP) is 9.64. The van der Waals surface area contributed by atoms with E-state index < -0.39 is 5.54 Å². The number of nitrogens with zero attached hydrogens (tertiary/aromatic N) is 1. The van der Waals surface area contributed by atoms with E-state index in [-0.39, 0.29) is 11.4 Å². The van der Waals surface area contributed by atoms with E-state index >= 15 is 0 Å². The lowest BCUT2D eigenvalue weighted by atomic mass is 9.59. The second kappa shape index (κ2) is 13.8. The lowest BCUT2D eigenvalue weighted by Gasteiger charge is -2.47. The Morgan fingerprint density at radius 3 is 2.62 bits per heavy atom. The molecule has 6 nitrogen and oxygen atoms in total. The van der Waals surface area contributed by atoms with Crippen molar-refractivity contribution < 1.29 is 19.0 Å². The first-order valence-corrected chi connectivity index (χ1v) is 18.0. The first kappa shape index (κ1) is 32.5. The number of halogens is 1. The number of carbonyl (C=O) groups is 1. The lowest BCUT2D eigenvalue weighted by Crippen LogP contribution is -2.53. The molecule has 0 aliphatic heterocycles. The van der Waals surface area contributed by atoms with Crippen LogP contribution in [0.2, 0.25) is 5.02 Å². The van der Waals surface area contributed by atoms with Crippen LogP contribution >= 0.6 is 22.9 Å². The van der Waals surface area contributed by atoms with E-state index in [9.17, 15) is 4.79 Å². The summed E-state index contributed by atoms with van der Waals surface area (Å²) in [5.74, 6) is 2.28. The smallest absolute Gasteiger partial charge is 0.331 e. The van der Waals surface area contributed by atoms with Gasteiger partial charge in [0.15, 0.2) is 0 Å². The van der Waals surface area contributed by atoms with Crippen molar-refractivity contribution in [3.05, 3.63) is 118 Å². The van der Waals surface area contributed by atoms with E-state index in [1.807, 2.05) is 60.8 Å². The minimum absolute atomic E-state index is 0.0963. The Balaban J connectivity index is 1.15. The number of rotatable bonds is 11. The van der Waals surface area contributed by atoms with E-state index in [2.05, 4.69) is 52.9 Å². The highest BCUT2D eigenvalue weighted by atomic mass is 35.5. The lowest BCUT2D eigenvalue weighted by molar-refractivity contribution is -0.148. The number of aromatic nitrogens is 1. The zero-order chi connectivity index (χ0) is 33.1. The number of pyridine rings is 1. The van der Waals surface area contributed by atoms with Crippen molar-refractivity contribution in [1.82, 2.24) is 4.98 Å². The Hall–Kier alpha value is -4.07. The molecule has 2 heterocycles. The Labute approximate surface area is 291 Å². The van der Waals surface area contributed by atoms with Crippen molar-refractivity contribution in [1.29, 1.82) is 0 Å². The van der Waals surface area contributed by atoms with Gasteiger partial charge in [0.05, 0.1) is 23.9 Å². The number of nitrogens with one attached hydrogen (secondary N) is 1. The zero-order valence-corrected chi connectivity index (χ0v) is 29.0. The van der Waals surface area contributed by atoms with Crippen molar-refractivity contribution in [3.8, 4) is 11.5 Å². The number of carbonyl (C=O) groups excluding carboxylic acids is 1. The fourth-order valence-electron chi connectivity index (χ4n) is 7.98. The number of benzene rings is 3. The van der Waals surface area contributed by atoms with E-state index in [0.717, 1.165) is 58.6 Å². The Bertz CT molecular complexity index is 1890. The highest BCUT2D eigenvalue weighted by molar-refractivity contribution is 7.17. The third kappa shape index (κ3) is 6.50. The topological polar surface area (TPSA) is 69.7 Å². The molecule has 7 rings (SSSR count). The van der Waals surface area contributed by atoms with Crippen LogP contribution in [0.25, 0.3) is 10.2 Å². The highest BCUT2D eigenvalue weighted by Crippen LogP contribution is 2.57. The fourth-order valence-corrected chi connectivity index (χ4v) is 8.99. The quantitative estimate of drug-likeness (QED) is 0.140. The van der Waals surface area contributed by atoms with Crippen LogP contribution in [-0.4, -0.2) is 30.2 Å². The number of esters is 1. The van der Waals surface area contributed by atoms with Gasteiger partial charge in [-0.3, -0.25) is 4.98 Å². The largest absolute Gasteiger partial charge is 0.492 e. The molecule has 248 valence electrons. The van der Waals surface area contributed by atoms with Gasteiger partial charge in [0.25, 0.3) is 0 Å². The summed E-state index contributed by atoms with van der Waals surface area (Å²) in [6.07, 6.45) is 6.83. The summed E-state index contributed by atoms with van der Waals surface area (Å²) in [5.41, 5.74) is 4.75. The first-order chi connectivity index (χ1) is 23.4. The van der Waals surface area contributed by atoms with Gasteiger partial charge in [-0.15, -0.1) is 11.3 Å². The SMILES string of the molecule is COC(=O)C1(Nc2cccc(Cl)c2)CCC2(CC1)c1cc(OCc3ccccc3)ccc1CC2C[C@@H](C)COc1ccnc2ccsc12. The molecule has 1 saturated carbocycles. The van der Waals surface area contributed by atoms with E-state index in [4.69, 9.17) is 25.8 Å². The predicted molar refractivity (Wildman–Crippen MR) is 193 cm³/mol. The molecule has 2 aromatic heterocycles. The molecular formula is C40H41ClN2O4S. The molecule has 0 saturated heterocycles. The first-order valence-electron chi connectivity index (χ1n) is 16.7. The average Bonchev–Trinajstić information content (AvgIpc) is 3.71. The number of thiophene rings is 1. The van der Waals surface area contributed by atoms with Crippen LogP contribution in [0.1, 0.15) is 55.7 Å². The van der Waals surface area contributed by atoms with Crippen LogP contribution in [0.4, 0.5) is 5.69 Å². The van der Waals surface area contributed by atoms with Crippen LogP contribution in [0.5, 0.6) is 11.5 Å². The van der Waals surface area contributed by atoms with Crippen molar-refractivity contribution in [3.63, 3.8) is 0 Å². The average molecular weight is 681 g/mol. The normalized spacial score (nSPS) is 22.3. The van der Waals surface area contributed by atoms with Gasteiger partial charge in [0.1, 0.15) is 23.6 Å². The maximum Gasteiger partial charge on any atom is 0.331 e. The molecule has 0 amide bonds. The molecule has 8 heteroatoms.